The summed E-state index contributed by atoms with van der Waals surface area (Å²) in [7, 11) is -3.37. The predicted octanol–water partition coefficient (Wildman–Crippen LogP) is 1.96. The van der Waals surface area contributed by atoms with Gasteiger partial charge in [0.15, 0.2) is 9.84 Å². The quantitative estimate of drug-likeness (QED) is 0.856. The molecule has 5 heteroatoms. The molecule has 1 saturated carbocycles. The number of amides is 1. The first-order valence-electron chi connectivity index (χ1n) is 7.05. The number of hydrogen-bond donors (Lipinski definition) is 0. The molecule has 1 aromatic carbocycles. The van der Waals surface area contributed by atoms with E-state index in [1.165, 1.54) is 25.3 Å². The summed E-state index contributed by atoms with van der Waals surface area (Å²) >= 11 is 0. The summed E-state index contributed by atoms with van der Waals surface area (Å²) in [6, 6.07) is 6.48. The van der Waals surface area contributed by atoms with Crippen LogP contribution in [0.3, 0.4) is 0 Å². The molecule has 0 aromatic heterocycles. The van der Waals surface area contributed by atoms with Crippen molar-refractivity contribution in [1.82, 2.24) is 4.90 Å². The minimum Gasteiger partial charge on any atom is -0.338 e. The molecule has 2 aliphatic rings. The van der Waals surface area contributed by atoms with Crippen LogP contribution in [0.1, 0.15) is 29.6 Å². The zero-order valence-corrected chi connectivity index (χ0v) is 12.4. The highest BCUT2D eigenvalue weighted by atomic mass is 32.2. The van der Waals surface area contributed by atoms with Gasteiger partial charge in [0.05, 0.1) is 10.5 Å². The van der Waals surface area contributed by atoms with Crippen LogP contribution >= 0.6 is 0 Å². The molecule has 0 N–H and O–H groups in total. The molecule has 1 heterocycles. The van der Waals surface area contributed by atoms with E-state index in [4.69, 9.17) is 0 Å². The highest BCUT2D eigenvalue weighted by molar-refractivity contribution is 7.90. The summed E-state index contributed by atoms with van der Waals surface area (Å²) in [5.74, 6) is 1.25. The van der Waals surface area contributed by atoms with Gasteiger partial charge in [0.1, 0.15) is 0 Å². The number of sulfone groups is 1. The van der Waals surface area contributed by atoms with E-state index in [2.05, 4.69) is 0 Å². The third kappa shape index (κ3) is 2.35. The molecule has 0 spiro atoms. The van der Waals surface area contributed by atoms with Gasteiger partial charge in [-0.3, -0.25) is 4.79 Å². The number of carbonyl (C=O) groups is 1. The van der Waals surface area contributed by atoms with Gasteiger partial charge in [0.25, 0.3) is 5.91 Å². The highest BCUT2D eigenvalue weighted by Gasteiger charge is 2.39. The molecule has 1 saturated heterocycles. The van der Waals surface area contributed by atoms with Crippen LogP contribution in [-0.2, 0) is 9.84 Å². The fraction of sp³-hybridized carbons (Fsp3) is 0.533. The van der Waals surface area contributed by atoms with E-state index >= 15 is 0 Å². The third-order valence-electron chi connectivity index (χ3n) is 4.53. The monoisotopic (exact) mass is 293 g/mol. The maximum atomic E-state index is 12.4. The minimum atomic E-state index is -3.37. The molecular formula is C15H19NO3S. The Kier molecular flexibility index (Phi) is 3.32. The fourth-order valence-corrected chi connectivity index (χ4v) is 3.91. The van der Waals surface area contributed by atoms with Crippen LogP contribution in [0.15, 0.2) is 29.2 Å². The van der Waals surface area contributed by atoms with Gasteiger partial charge in [-0.2, -0.15) is 0 Å². The summed E-state index contributed by atoms with van der Waals surface area (Å²) in [4.78, 5) is 14.3. The standard InChI is InChI=1S/C15H19NO3S/c1-20(18,19)14-8-3-2-7-13(14)15(17)16-9-12(10-16)11-5-4-6-11/h2-3,7-8,11-12H,4-6,9-10H2,1H3. The lowest BCUT2D eigenvalue weighted by atomic mass is 9.72. The van der Waals surface area contributed by atoms with Gasteiger partial charge < -0.3 is 4.90 Å². The minimum absolute atomic E-state index is 0.136. The van der Waals surface area contributed by atoms with Crippen molar-refractivity contribution in [2.24, 2.45) is 11.8 Å². The Bertz CT molecular complexity index is 628. The molecule has 1 aliphatic heterocycles. The van der Waals surface area contributed by atoms with E-state index in [1.807, 2.05) is 0 Å². The lowest BCUT2D eigenvalue weighted by Crippen LogP contribution is -2.53. The van der Waals surface area contributed by atoms with Gasteiger partial charge in [-0.05, 0) is 24.0 Å². The van der Waals surface area contributed by atoms with E-state index < -0.39 is 9.84 Å². The van der Waals surface area contributed by atoms with Crippen molar-refractivity contribution in [1.29, 1.82) is 0 Å². The first-order valence-corrected chi connectivity index (χ1v) is 8.94. The number of carbonyl (C=O) groups excluding carboxylic acids is 1. The van der Waals surface area contributed by atoms with Gasteiger partial charge in [-0.1, -0.05) is 31.4 Å². The van der Waals surface area contributed by atoms with Crippen molar-refractivity contribution in [3.05, 3.63) is 29.8 Å². The van der Waals surface area contributed by atoms with Crippen LogP contribution in [-0.4, -0.2) is 38.6 Å². The number of rotatable bonds is 3. The summed E-state index contributed by atoms with van der Waals surface area (Å²) in [6.45, 7) is 1.56. The molecule has 2 fully saturated rings. The summed E-state index contributed by atoms with van der Waals surface area (Å²) in [5.41, 5.74) is 0.307. The Hall–Kier alpha value is -1.36. The molecule has 0 unspecified atom stereocenters. The molecule has 1 amide bonds. The number of hydrogen-bond acceptors (Lipinski definition) is 3. The van der Waals surface area contributed by atoms with Crippen LogP contribution < -0.4 is 0 Å². The lowest BCUT2D eigenvalue weighted by molar-refractivity contribution is 0.0218. The Balaban J connectivity index is 1.75. The molecule has 4 nitrogen and oxygen atoms in total. The normalized spacial score (nSPS) is 20.4. The van der Waals surface area contributed by atoms with Crippen LogP contribution in [0.25, 0.3) is 0 Å². The Morgan fingerprint density at radius 3 is 2.35 bits per heavy atom. The third-order valence-corrected chi connectivity index (χ3v) is 5.69. The van der Waals surface area contributed by atoms with Crippen molar-refractivity contribution >= 4 is 15.7 Å². The first-order chi connectivity index (χ1) is 9.47. The second kappa shape index (κ2) is 4.88. The van der Waals surface area contributed by atoms with Crippen LogP contribution in [0.2, 0.25) is 0 Å². The number of likely N-dealkylation sites (tertiary alicyclic amines) is 1. The molecule has 0 radical (unpaired) electrons. The van der Waals surface area contributed by atoms with Crippen molar-refractivity contribution in [3.8, 4) is 0 Å². The maximum Gasteiger partial charge on any atom is 0.255 e. The van der Waals surface area contributed by atoms with Crippen molar-refractivity contribution in [2.75, 3.05) is 19.3 Å². The fourth-order valence-electron chi connectivity index (χ4n) is 3.02. The van der Waals surface area contributed by atoms with Crippen molar-refractivity contribution in [3.63, 3.8) is 0 Å². The van der Waals surface area contributed by atoms with E-state index in [-0.39, 0.29) is 10.8 Å². The Morgan fingerprint density at radius 1 is 1.15 bits per heavy atom. The average molecular weight is 293 g/mol. The van der Waals surface area contributed by atoms with Crippen LogP contribution in [0, 0.1) is 11.8 Å². The van der Waals surface area contributed by atoms with Gasteiger partial charge in [-0.15, -0.1) is 0 Å². The zero-order valence-electron chi connectivity index (χ0n) is 11.6. The first kappa shape index (κ1) is 13.6. The highest BCUT2D eigenvalue weighted by Crippen LogP contribution is 2.38. The molecule has 0 atom stereocenters. The average Bonchev–Trinajstić information content (AvgIpc) is 2.29. The topological polar surface area (TPSA) is 54.5 Å². The van der Waals surface area contributed by atoms with Gasteiger partial charge in [0, 0.05) is 19.3 Å². The summed E-state index contributed by atoms with van der Waals surface area (Å²) in [6.07, 6.45) is 5.03. The molecule has 20 heavy (non-hydrogen) atoms. The van der Waals surface area contributed by atoms with Gasteiger partial charge in [0.2, 0.25) is 0 Å². The second-order valence-corrected chi connectivity index (χ2v) is 7.91. The maximum absolute atomic E-state index is 12.4. The largest absolute Gasteiger partial charge is 0.338 e. The van der Waals surface area contributed by atoms with E-state index in [9.17, 15) is 13.2 Å². The summed E-state index contributed by atoms with van der Waals surface area (Å²) < 4.78 is 23.5. The van der Waals surface area contributed by atoms with Crippen molar-refractivity contribution in [2.45, 2.75) is 24.2 Å². The SMILES string of the molecule is CS(=O)(=O)c1ccccc1C(=O)N1CC(C2CCC2)C1. The Labute approximate surface area is 119 Å². The predicted molar refractivity (Wildman–Crippen MR) is 76.3 cm³/mol. The van der Waals surface area contributed by atoms with Crippen LogP contribution in [0.4, 0.5) is 0 Å². The molecule has 3 rings (SSSR count). The molecule has 1 aromatic rings. The van der Waals surface area contributed by atoms with E-state index in [0.29, 0.717) is 11.5 Å². The summed E-state index contributed by atoms with van der Waals surface area (Å²) in [5, 5.41) is 0. The lowest BCUT2D eigenvalue weighted by Gasteiger charge is -2.46. The van der Waals surface area contributed by atoms with Crippen molar-refractivity contribution < 1.29 is 13.2 Å². The van der Waals surface area contributed by atoms with E-state index in [1.54, 1.807) is 23.1 Å². The van der Waals surface area contributed by atoms with Gasteiger partial charge in [-0.25, -0.2) is 8.42 Å². The molecular weight excluding hydrogens is 274 g/mol. The molecule has 108 valence electrons. The van der Waals surface area contributed by atoms with E-state index in [0.717, 1.165) is 25.3 Å². The Morgan fingerprint density at radius 2 is 1.80 bits per heavy atom. The number of benzene rings is 1. The molecule has 1 aliphatic carbocycles. The zero-order chi connectivity index (χ0) is 14.3. The van der Waals surface area contributed by atoms with Crippen LogP contribution in [0.5, 0.6) is 0 Å². The van der Waals surface area contributed by atoms with Gasteiger partial charge >= 0.3 is 0 Å². The molecule has 0 bridgehead atoms. The smallest absolute Gasteiger partial charge is 0.255 e. The number of nitrogens with zero attached hydrogens (tertiary/aromatic N) is 1. The second-order valence-electron chi connectivity index (χ2n) is 5.93.